The van der Waals surface area contributed by atoms with Gasteiger partial charge in [-0.2, -0.15) is 5.10 Å². The zero-order valence-corrected chi connectivity index (χ0v) is 28.6. The van der Waals surface area contributed by atoms with E-state index < -0.39 is 0 Å². The number of aromatic nitrogens is 4. The summed E-state index contributed by atoms with van der Waals surface area (Å²) >= 11 is 0. The molecule has 9 aromatic rings. The Bertz CT molecular complexity index is 2680. The van der Waals surface area contributed by atoms with E-state index in [0.29, 0.717) is 40.3 Å². The van der Waals surface area contributed by atoms with Crippen LogP contribution in [0.15, 0.2) is 170 Å². The first-order valence-corrected chi connectivity index (χ1v) is 17.1. The highest BCUT2D eigenvalue weighted by molar-refractivity contribution is 6.09. The lowest BCUT2D eigenvalue weighted by Crippen LogP contribution is -1.98. The van der Waals surface area contributed by atoms with Crippen LogP contribution in [0.5, 0.6) is 34.5 Å². The highest BCUT2D eigenvalue weighted by Gasteiger charge is 2.19. The molecule has 0 aliphatic rings. The maximum absolute atomic E-state index is 14.3. The monoisotopic (exact) mass is 694 g/mol. The number of aryl methyl sites for hydroxylation is 1. The molecule has 3 aromatic heterocycles. The van der Waals surface area contributed by atoms with Crippen molar-refractivity contribution in [1.82, 2.24) is 19.3 Å². The molecule has 6 aromatic carbocycles. The fourth-order valence-electron chi connectivity index (χ4n) is 6.59. The Morgan fingerprint density at radius 1 is 0.566 bits per heavy atom. The number of ether oxygens (including phenoxy) is 3. The van der Waals surface area contributed by atoms with E-state index in [2.05, 4.69) is 11.1 Å². The highest BCUT2D eigenvalue weighted by atomic mass is 19.1. The number of hydrogen-bond acceptors (Lipinski definition) is 5. The molecular formula is C45H31FN4O3. The molecule has 0 saturated carbocycles. The van der Waals surface area contributed by atoms with Crippen molar-refractivity contribution >= 4 is 21.8 Å². The summed E-state index contributed by atoms with van der Waals surface area (Å²) in [5.41, 5.74) is 5.17. The van der Waals surface area contributed by atoms with Gasteiger partial charge in [0.05, 0.1) is 28.5 Å². The van der Waals surface area contributed by atoms with Gasteiger partial charge in [-0.1, -0.05) is 60.7 Å². The van der Waals surface area contributed by atoms with Crippen molar-refractivity contribution in [3.05, 3.63) is 182 Å². The normalized spacial score (nSPS) is 11.2. The van der Waals surface area contributed by atoms with E-state index in [9.17, 15) is 4.39 Å². The summed E-state index contributed by atoms with van der Waals surface area (Å²) in [4.78, 5) is 4.48. The summed E-state index contributed by atoms with van der Waals surface area (Å²) in [6.45, 7) is 2.02. The van der Waals surface area contributed by atoms with Gasteiger partial charge in [0.25, 0.3) is 0 Å². The van der Waals surface area contributed by atoms with Crippen molar-refractivity contribution in [2.24, 2.45) is 0 Å². The molecule has 3 heterocycles. The van der Waals surface area contributed by atoms with Crippen LogP contribution in [0.2, 0.25) is 0 Å². The summed E-state index contributed by atoms with van der Waals surface area (Å²) in [5.74, 6) is 4.13. The summed E-state index contributed by atoms with van der Waals surface area (Å²) in [5, 5.41) is 6.81. The van der Waals surface area contributed by atoms with Gasteiger partial charge in [-0.05, 0) is 85.3 Å². The number of nitrogens with zero attached hydrogens (tertiary/aromatic N) is 4. The first-order chi connectivity index (χ1) is 26.1. The quantitative estimate of drug-likeness (QED) is 0.150. The lowest BCUT2D eigenvalue weighted by atomic mass is 10.0. The minimum atomic E-state index is -0.353. The minimum absolute atomic E-state index is 0.353. The third-order valence-corrected chi connectivity index (χ3v) is 8.92. The first kappa shape index (κ1) is 31.8. The van der Waals surface area contributed by atoms with Crippen molar-refractivity contribution in [3.8, 4) is 57.1 Å². The van der Waals surface area contributed by atoms with Crippen LogP contribution in [0.4, 0.5) is 4.39 Å². The summed E-state index contributed by atoms with van der Waals surface area (Å²) in [6, 6.07) is 47.9. The van der Waals surface area contributed by atoms with Crippen LogP contribution in [0.25, 0.3) is 44.4 Å². The van der Waals surface area contributed by atoms with Crippen LogP contribution in [0, 0.1) is 12.7 Å². The Balaban J connectivity index is 1.07. The van der Waals surface area contributed by atoms with Gasteiger partial charge in [0.1, 0.15) is 46.1 Å². The topological polar surface area (TPSA) is 63.3 Å². The molecule has 0 N–H and O–H groups in total. The number of pyridine rings is 1. The number of rotatable bonds is 9. The Labute approximate surface area is 304 Å². The van der Waals surface area contributed by atoms with Crippen LogP contribution < -0.4 is 14.2 Å². The number of halogens is 1. The SMILES string of the molecule is Cc1cc(Oc2ccccc2)c(-c2cnn(-c3cccc(Oc4ccc5c6ccccc6n(-c6cc(F)ccn6)c5c4)c3)c2)c(Oc2ccccc2)c1. The lowest BCUT2D eigenvalue weighted by Gasteiger charge is -2.16. The molecular weight excluding hydrogens is 664 g/mol. The Hall–Kier alpha value is -7.19. The van der Waals surface area contributed by atoms with Crippen molar-refractivity contribution < 1.29 is 18.6 Å². The van der Waals surface area contributed by atoms with Crippen molar-refractivity contribution in [2.75, 3.05) is 0 Å². The molecule has 0 saturated heterocycles. The van der Waals surface area contributed by atoms with Crippen LogP contribution in [0.1, 0.15) is 5.56 Å². The molecule has 0 amide bonds. The second-order valence-corrected chi connectivity index (χ2v) is 12.6. The van der Waals surface area contributed by atoms with E-state index in [1.165, 1.54) is 18.3 Å². The second kappa shape index (κ2) is 13.5. The molecule has 0 aliphatic carbocycles. The number of fused-ring (bicyclic) bond motifs is 3. The number of para-hydroxylation sites is 3. The van der Waals surface area contributed by atoms with Crippen molar-refractivity contribution in [1.29, 1.82) is 0 Å². The smallest absolute Gasteiger partial charge is 0.140 e. The fraction of sp³-hybridized carbons (Fsp3) is 0.0222. The third kappa shape index (κ3) is 6.34. The van der Waals surface area contributed by atoms with Gasteiger partial charge < -0.3 is 14.2 Å². The van der Waals surface area contributed by atoms with Gasteiger partial charge in [0.2, 0.25) is 0 Å². The molecule has 7 nitrogen and oxygen atoms in total. The van der Waals surface area contributed by atoms with Gasteiger partial charge >= 0.3 is 0 Å². The largest absolute Gasteiger partial charge is 0.457 e. The van der Waals surface area contributed by atoms with Gasteiger partial charge in [0.15, 0.2) is 0 Å². The van der Waals surface area contributed by atoms with E-state index >= 15 is 0 Å². The zero-order valence-electron chi connectivity index (χ0n) is 28.6. The molecule has 53 heavy (non-hydrogen) atoms. The summed E-state index contributed by atoms with van der Waals surface area (Å²) in [6.07, 6.45) is 5.24. The zero-order chi connectivity index (χ0) is 35.7. The van der Waals surface area contributed by atoms with Crippen LogP contribution >= 0.6 is 0 Å². The standard InChI is InChI=1S/C45H31FN4O3/c1-30-23-42(52-34-12-4-2-5-13-34)45(43(24-30)53-35-14-6-3-7-15-35)31-28-48-49(29-31)33-11-10-16-36(26-33)51-37-19-20-39-38-17-8-9-18-40(38)50(41(39)27-37)44-25-32(46)21-22-47-44/h2-29H,1H3. The molecule has 0 unspecified atom stereocenters. The van der Waals surface area contributed by atoms with E-state index in [0.717, 1.165) is 44.2 Å². The van der Waals surface area contributed by atoms with E-state index in [1.54, 1.807) is 10.9 Å². The van der Waals surface area contributed by atoms with Crippen molar-refractivity contribution in [2.45, 2.75) is 6.92 Å². The molecule has 0 fully saturated rings. The maximum Gasteiger partial charge on any atom is 0.140 e. The van der Waals surface area contributed by atoms with E-state index in [-0.39, 0.29) is 5.82 Å². The van der Waals surface area contributed by atoms with Crippen LogP contribution in [-0.2, 0) is 0 Å². The summed E-state index contributed by atoms with van der Waals surface area (Å²) < 4.78 is 37.5. The van der Waals surface area contributed by atoms with Crippen LogP contribution in [-0.4, -0.2) is 19.3 Å². The summed E-state index contributed by atoms with van der Waals surface area (Å²) in [7, 11) is 0. The number of hydrogen-bond donors (Lipinski definition) is 0. The highest BCUT2D eigenvalue weighted by Crippen LogP contribution is 2.43. The molecule has 0 atom stereocenters. The molecule has 8 heteroatoms. The van der Waals surface area contributed by atoms with E-state index in [4.69, 9.17) is 19.3 Å². The van der Waals surface area contributed by atoms with Gasteiger partial charge in [-0.3, -0.25) is 4.57 Å². The van der Waals surface area contributed by atoms with Gasteiger partial charge in [-0.15, -0.1) is 0 Å². The van der Waals surface area contributed by atoms with Gasteiger partial charge in [-0.25, -0.2) is 14.1 Å². The number of benzene rings is 6. The molecule has 0 radical (unpaired) electrons. The Morgan fingerprint density at radius 2 is 1.23 bits per heavy atom. The fourth-order valence-corrected chi connectivity index (χ4v) is 6.59. The van der Waals surface area contributed by atoms with E-state index in [1.807, 2.05) is 151 Å². The third-order valence-electron chi connectivity index (χ3n) is 8.92. The van der Waals surface area contributed by atoms with Crippen molar-refractivity contribution in [3.63, 3.8) is 0 Å². The second-order valence-electron chi connectivity index (χ2n) is 12.6. The Morgan fingerprint density at radius 3 is 1.96 bits per heavy atom. The predicted molar refractivity (Wildman–Crippen MR) is 205 cm³/mol. The van der Waals surface area contributed by atoms with Crippen LogP contribution in [0.3, 0.4) is 0 Å². The average molecular weight is 695 g/mol. The average Bonchev–Trinajstić information content (AvgIpc) is 3.79. The first-order valence-electron chi connectivity index (χ1n) is 17.1. The molecule has 0 aliphatic heterocycles. The maximum atomic E-state index is 14.3. The predicted octanol–water partition coefficient (Wildman–Crippen LogP) is 11.9. The molecule has 9 rings (SSSR count). The van der Waals surface area contributed by atoms with Gasteiger partial charge in [0, 0.05) is 46.9 Å². The molecule has 0 bridgehead atoms. The molecule has 0 spiro atoms. The minimum Gasteiger partial charge on any atom is -0.457 e. The Kier molecular flexibility index (Phi) is 8.09. The molecule has 256 valence electrons. The lowest BCUT2D eigenvalue weighted by molar-refractivity contribution is 0.463.